The molecule has 0 amide bonds. The highest BCUT2D eigenvalue weighted by atomic mass is 16.3. The topological polar surface area (TPSA) is 44.0 Å². The Morgan fingerprint density at radius 3 is 2.76 bits per heavy atom. The van der Waals surface area contributed by atoms with Crippen molar-refractivity contribution in [1.82, 2.24) is 0 Å². The third kappa shape index (κ3) is 1.42. The van der Waals surface area contributed by atoms with Crippen LogP contribution in [0.3, 0.4) is 0 Å². The van der Waals surface area contributed by atoms with Gasteiger partial charge in [-0.25, -0.2) is 0 Å². The Morgan fingerprint density at radius 1 is 1.35 bits per heavy atom. The lowest BCUT2D eigenvalue weighted by atomic mass is 9.67. The van der Waals surface area contributed by atoms with E-state index >= 15 is 0 Å². The average molecular weight is 227 g/mol. The zero-order valence-corrected chi connectivity index (χ0v) is 9.89. The molecule has 0 heterocycles. The summed E-state index contributed by atoms with van der Waals surface area (Å²) in [5, 5.41) is 20.1. The van der Waals surface area contributed by atoms with Crippen LogP contribution in [0, 0.1) is 17.2 Å². The van der Waals surface area contributed by atoms with Crippen LogP contribution in [0.15, 0.2) is 24.3 Å². The molecule has 1 aromatic carbocycles. The first kappa shape index (κ1) is 10.8. The minimum atomic E-state index is -0.637. The van der Waals surface area contributed by atoms with Gasteiger partial charge in [-0.1, -0.05) is 30.7 Å². The number of aliphatic hydroxyl groups is 1. The van der Waals surface area contributed by atoms with Crippen molar-refractivity contribution in [3.8, 4) is 6.07 Å². The van der Waals surface area contributed by atoms with Crippen LogP contribution in [0.1, 0.15) is 36.8 Å². The Balaban J connectivity index is 2.02. The number of nitriles is 1. The maximum atomic E-state index is 10.5. The van der Waals surface area contributed by atoms with Gasteiger partial charge in [0.15, 0.2) is 0 Å². The number of nitrogens with zero attached hydrogens (tertiary/aromatic N) is 1. The standard InChI is InChI=1S/C15H17NO/c16-10-15(14(17)12-5-3-6-12)9-8-11-4-1-2-7-13(11)15/h1-2,4,7,12,14,17H,3,5-6,8-9H2. The minimum Gasteiger partial charge on any atom is -0.391 e. The zero-order valence-electron chi connectivity index (χ0n) is 9.89. The zero-order chi connectivity index (χ0) is 11.9. The van der Waals surface area contributed by atoms with Crippen LogP contribution in [0.4, 0.5) is 0 Å². The van der Waals surface area contributed by atoms with E-state index in [1.165, 1.54) is 12.0 Å². The van der Waals surface area contributed by atoms with Crippen LogP contribution in [0.5, 0.6) is 0 Å². The van der Waals surface area contributed by atoms with Crippen molar-refractivity contribution in [3.05, 3.63) is 35.4 Å². The number of benzene rings is 1. The smallest absolute Gasteiger partial charge is 0.109 e. The van der Waals surface area contributed by atoms with E-state index < -0.39 is 11.5 Å². The summed E-state index contributed by atoms with van der Waals surface area (Å²) in [6.45, 7) is 0. The van der Waals surface area contributed by atoms with E-state index in [-0.39, 0.29) is 0 Å². The van der Waals surface area contributed by atoms with Crippen LogP contribution in [-0.4, -0.2) is 11.2 Å². The summed E-state index contributed by atoms with van der Waals surface area (Å²) in [7, 11) is 0. The van der Waals surface area contributed by atoms with Crippen molar-refractivity contribution in [2.24, 2.45) is 5.92 Å². The number of aliphatic hydroxyl groups excluding tert-OH is 1. The quantitative estimate of drug-likeness (QED) is 0.843. The molecule has 88 valence electrons. The Bertz CT molecular complexity index is 472. The van der Waals surface area contributed by atoms with Gasteiger partial charge in [-0.05, 0) is 42.7 Å². The normalized spacial score (nSPS) is 29.2. The summed E-state index contributed by atoms with van der Waals surface area (Å²) < 4.78 is 0. The van der Waals surface area contributed by atoms with E-state index in [4.69, 9.17) is 0 Å². The van der Waals surface area contributed by atoms with Crippen molar-refractivity contribution >= 4 is 0 Å². The highest BCUT2D eigenvalue weighted by Crippen LogP contribution is 2.46. The number of rotatable bonds is 2. The molecule has 0 aromatic heterocycles. The van der Waals surface area contributed by atoms with Gasteiger partial charge >= 0.3 is 0 Å². The second kappa shape index (κ2) is 3.85. The van der Waals surface area contributed by atoms with Gasteiger partial charge in [-0.2, -0.15) is 5.26 Å². The van der Waals surface area contributed by atoms with Gasteiger partial charge in [0, 0.05) is 0 Å². The lowest BCUT2D eigenvalue weighted by molar-refractivity contribution is 0.0164. The van der Waals surface area contributed by atoms with E-state index in [1.807, 2.05) is 18.2 Å². The largest absolute Gasteiger partial charge is 0.391 e. The molecular formula is C15H17NO. The maximum absolute atomic E-state index is 10.5. The summed E-state index contributed by atoms with van der Waals surface area (Å²) in [5.41, 5.74) is 1.68. The fraction of sp³-hybridized carbons (Fsp3) is 0.533. The Hall–Kier alpha value is -1.33. The monoisotopic (exact) mass is 227 g/mol. The van der Waals surface area contributed by atoms with Gasteiger partial charge < -0.3 is 5.11 Å². The second-order valence-corrected chi connectivity index (χ2v) is 5.38. The summed E-state index contributed by atoms with van der Waals surface area (Å²) in [4.78, 5) is 0. The summed E-state index contributed by atoms with van der Waals surface area (Å²) in [6.07, 6.45) is 4.57. The average Bonchev–Trinajstić information content (AvgIpc) is 2.66. The molecule has 2 unspecified atom stereocenters. The predicted octanol–water partition coefficient (Wildman–Crippen LogP) is 2.56. The second-order valence-electron chi connectivity index (χ2n) is 5.38. The first-order valence-electron chi connectivity index (χ1n) is 6.45. The molecule has 0 radical (unpaired) electrons. The van der Waals surface area contributed by atoms with Gasteiger partial charge in [0.1, 0.15) is 5.41 Å². The molecule has 2 atom stereocenters. The molecule has 0 bridgehead atoms. The first-order valence-corrected chi connectivity index (χ1v) is 6.45. The van der Waals surface area contributed by atoms with Crippen molar-refractivity contribution in [2.75, 3.05) is 0 Å². The minimum absolute atomic E-state index is 0.334. The van der Waals surface area contributed by atoms with Crippen LogP contribution < -0.4 is 0 Å². The molecule has 3 rings (SSSR count). The molecule has 0 saturated heterocycles. The van der Waals surface area contributed by atoms with Crippen molar-refractivity contribution in [1.29, 1.82) is 5.26 Å². The third-order valence-corrected chi connectivity index (χ3v) is 4.59. The van der Waals surface area contributed by atoms with Gasteiger partial charge in [0.2, 0.25) is 0 Å². The molecule has 0 spiro atoms. The van der Waals surface area contributed by atoms with Crippen LogP contribution in [0.2, 0.25) is 0 Å². The van der Waals surface area contributed by atoms with Crippen molar-refractivity contribution in [2.45, 2.75) is 43.6 Å². The summed E-state index contributed by atoms with van der Waals surface area (Å²) in [6, 6.07) is 10.5. The van der Waals surface area contributed by atoms with E-state index in [1.54, 1.807) is 0 Å². The molecule has 17 heavy (non-hydrogen) atoms. The van der Waals surface area contributed by atoms with E-state index in [0.717, 1.165) is 31.2 Å². The van der Waals surface area contributed by atoms with E-state index in [0.29, 0.717) is 5.92 Å². The van der Waals surface area contributed by atoms with Crippen molar-refractivity contribution < 1.29 is 5.11 Å². The molecule has 1 N–H and O–H groups in total. The lowest BCUT2D eigenvalue weighted by Crippen LogP contribution is -2.44. The van der Waals surface area contributed by atoms with E-state index in [2.05, 4.69) is 12.1 Å². The Morgan fingerprint density at radius 2 is 2.12 bits per heavy atom. The fourth-order valence-corrected chi connectivity index (χ4v) is 3.29. The highest BCUT2D eigenvalue weighted by Gasteiger charge is 2.48. The van der Waals surface area contributed by atoms with Gasteiger partial charge in [0.25, 0.3) is 0 Å². The number of hydrogen-bond donors (Lipinski definition) is 1. The molecule has 1 saturated carbocycles. The molecule has 1 fully saturated rings. The van der Waals surface area contributed by atoms with E-state index in [9.17, 15) is 10.4 Å². The molecule has 1 aromatic rings. The van der Waals surface area contributed by atoms with Gasteiger partial charge in [-0.3, -0.25) is 0 Å². The molecule has 2 aliphatic carbocycles. The van der Waals surface area contributed by atoms with Crippen molar-refractivity contribution in [3.63, 3.8) is 0 Å². The van der Waals surface area contributed by atoms with Gasteiger partial charge in [0.05, 0.1) is 12.2 Å². The molecule has 0 aliphatic heterocycles. The Labute approximate surface area is 102 Å². The third-order valence-electron chi connectivity index (χ3n) is 4.59. The molecule has 2 nitrogen and oxygen atoms in total. The number of aryl methyl sites for hydroxylation is 1. The van der Waals surface area contributed by atoms with Crippen LogP contribution >= 0.6 is 0 Å². The maximum Gasteiger partial charge on any atom is 0.109 e. The summed E-state index contributed by atoms with van der Waals surface area (Å²) >= 11 is 0. The molecular weight excluding hydrogens is 210 g/mol. The number of fused-ring (bicyclic) bond motifs is 1. The Kier molecular flexibility index (Phi) is 2.45. The first-order chi connectivity index (χ1) is 8.28. The van der Waals surface area contributed by atoms with Crippen LogP contribution in [-0.2, 0) is 11.8 Å². The van der Waals surface area contributed by atoms with Gasteiger partial charge in [-0.15, -0.1) is 0 Å². The SMILES string of the molecule is N#CC1(C(O)C2CCC2)CCc2ccccc21. The highest BCUT2D eigenvalue weighted by molar-refractivity contribution is 5.45. The molecule has 2 heteroatoms. The number of hydrogen-bond acceptors (Lipinski definition) is 2. The summed E-state index contributed by atoms with van der Waals surface area (Å²) in [5.74, 6) is 0.334. The van der Waals surface area contributed by atoms with Crippen LogP contribution in [0.25, 0.3) is 0 Å². The predicted molar refractivity (Wildman–Crippen MR) is 65.4 cm³/mol. The molecule has 2 aliphatic rings. The lowest BCUT2D eigenvalue weighted by Gasteiger charge is -2.38. The fourth-order valence-electron chi connectivity index (χ4n) is 3.29.